The molecule has 1 aliphatic heterocycles. The lowest BCUT2D eigenvalue weighted by Crippen LogP contribution is -2.39. The molecule has 0 unspecified atom stereocenters. The van der Waals surface area contributed by atoms with Crippen molar-refractivity contribution in [2.24, 2.45) is 5.92 Å². The van der Waals surface area contributed by atoms with Gasteiger partial charge in [-0.2, -0.15) is 0 Å². The molecule has 0 saturated heterocycles. The fourth-order valence-electron chi connectivity index (χ4n) is 3.70. The lowest BCUT2D eigenvalue weighted by atomic mass is 10.0. The fourth-order valence-corrected chi connectivity index (χ4v) is 3.70. The maximum Gasteiger partial charge on any atom is 0.254 e. The number of hydrogen-bond donors (Lipinski definition) is 1. The summed E-state index contributed by atoms with van der Waals surface area (Å²) in [6.45, 7) is 12.7. The Balaban J connectivity index is 2.40. The Morgan fingerprint density at radius 3 is 2.63 bits per heavy atom. The predicted octanol–water partition coefficient (Wildman–Crippen LogP) is 3.70. The van der Waals surface area contributed by atoms with Gasteiger partial charge in [-0.25, -0.2) is 0 Å². The number of fused-ring (bicyclic) bond motifs is 1. The molecule has 30 heavy (non-hydrogen) atoms. The van der Waals surface area contributed by atoms with E-state index in [1.807, 2.05) is 36.9 Å². The highest BCUT2D eigenvalue weighted by molar-refractivity contribution is 5.96. The Kier molecular flexibility index (Phi) is 10.1. The zero-order valence-electron chi connectivity index (χ0n) is 19.2. The van der Waals surface area contributed by atoms with Gasteiger partial charge in [0.1, 0.15) is 5.75 Å². The molecule has 0 aromatic heterocycles. The van der Waals surface area contributed by atoms with Gasteiger partial charge in [0, 0.05) is 37.3 Å². The third-order valence-corrected chi connectivity index (χ3v) is 5.59. The van der Waals surface area contributed by atoms with Crippen LogP contribution in [0.1, 0.15) is 69.3 Å². The summed E-state index contributed by atoms with van der Waals surface area (Å²) in [5, 5.41) is 3.04. The van der Waals surface area contributed by atoms with Crippen LogP contribution in [0, 0.1) is 5.92 Å². The first kappa shape index (κ1) is 24.2. The summed E-state index contributed by atoms with van der Waals surface area (Å²) < 4.78 is 6.14. The molecule has 168 valence electrons. The molecule has 1 aromatic rings. The molecule has 0 fully saturated rings. The van der Waals surface area contributed by atoms with Crippen molar-refractivity contribution in [2.75, 3.05) is 39.3 Å². The van der Waals surface area contributed by atoms with Crippen LogP contribution in [0.2, 0.25) is 0 Å². The molecule has 0 saturated carbocycles. The second-order valence-electron chi connectivity index (χ2n) is 8.41. The number of carbonyl (C=O) groups excluding carboxylic acids is 2. The number of rotatable bonds is 6. The standard InChI is InChI=1S/C24H39N3O3/c1-5-27(6-2)24(29)20-11-10-12-22-21(20)17-26(15-13-19(3)4)18-23(28)25-14-8-7-9-16-30-22/h10-12,19H,5-9,13-18H2,1-4H3,(H,25,28). The molecule has 1 aliphatic rings. The molecule has 0 spiro atoms. The van der Waals surface area contributed by atoms with Crippen LogP contribution in [0.15, 0.2) is 18.2 Å². The summed E-state index contributed by atoms with van der Waals surface area (Å²) in [5.41, 5.74) is 1.58. The topological polar surface area (TPSA) is 61.9 Å². The molecule has 0 atom stereocenters. The molecule has 6 heteroatoms. The van der Waals surface area contributed by atoms with Gasteiger partial charge >= 0.3 is 0 Å². The lowest BCUT2D eigenvalue weighted by Gasteiger charge is -2.27. The number of nitrogens with zero attached hydrogens (tertiary/aromatic N) is 2. The van der Waals surface area contributed by atoms with Crippen LogP contribution in [0.25, 0.3) is 0 Å². The average molecular weight is 418 g/mol. The van der Waals surface area contributed by atoms with Crippen molar-refractivity contribution < 1.29 is 14.3 Å². The first-order valence-corrected chi connectivity index (χ1v) is 11.5. The zero-order valence-corrected chi connectivity index (χ0v) is 19.2. The minimum Gasteiger partial charge on any atom is -0.493 e. The molecule has 1 N–H and O–H groups in total. The zero-order chi connectivity index (χ0) is 21.9. The van der Waals surface area contributed by atoms with Crippen LogP contribution in [-0.4, -0.2) is 60.9 Å². The molecule has 1 aromatic carbocycles. The van der Waals surface area contributed by atoms with Gasteiger partial charge < -0.3 is 15.0 Å². The minimum absolute atomic E-state index is 0.0260. The van der Waals surface area contributed by atoms with E-state index in [9.17, 15) is 9.59 Å². The average Bonchev–Trinajstić information content (AvgIpc) is 2.73. The number of ether oxygens (including phenoxy) is 1. The van der Waals surface area contributed by atoms with Crippen LogP contribution in [0.3, 0.4) is 0 Å². The van der Waals surface area contributed by atoms with Crippen LogP contribution in [0.5, 0.6) is 5.75 Å². The van der Waals surface area contributed by atoms with Gasteiger partial charge in [0.05, 0.1) is 13.2 Å². The molecule has 6 nitrogen and oxygen atoms in total. The predicted molar refractivity (Wildman–Crippen MR) is 121 cm³/mol. The van der Waals surface area contributed by atoms with Gasteiger partial charge in [-0.3, -0.25) is 14.5 Å². The Labute approximate surface area is 182 Å². The van der Waals surface area contributed by atoms with Crippen LogP contribution in [-0.2, 0) is 11.3 Å². The van der Waals surface area contributed by atoms with Crippen molar-refractivity contribution >= 4 is 11.8 Å². The largest absolute Gasteiger partial charge is 0.493 e. The van der Waals surface area contributed by atoms with Crippen LogP contribution >= 0.6 is 0 Å². The Bertz CT molecular complexity index is 686. The SMILES string of the molecule is CCN(CC)C(=O)c1cccc2c1CN(CCC(C)C)CC(=O)NCCCCCO2. The van der Waals surface area contributed by atoms with E-state index in [0.29, 0.717) is 50.8 Å². The minimum atomic E-state index is 0.0260. The second-order valence-corrected chi connectivity index (χ2v) is 8.41. The van der Waals surface area contributed by atoms with Crippen molar-refractivity contribution in [2.45, 2.75) is 59.9 Å². The van der Waals surface area contributed by atoms with Gasteiger partial charge in [-0.05, 0) is 64.1 Å². The van der Waals surface area contributed by atoms with Gasteiger partial charge in [0.15, 0.2) is 0 Å². The molecule has 2 amide bonds. The fraction of sp³-hybridized carbons (Fsp3) is 0.667. The molecular formula is C24H39N3O3. The quantitative estimate of drug-likeness (QED) is 0.767. The monoisotopic (exact) mass is 417 g/mol. The van der Waals surface area contributed by atoms with Gasteiger partial charge in [0.25, 0.3) is 5.91 Å². The van der Waals surface area contributed by atoms with Crippen molar-refractivity contribution in [3.63, 3.8) is 0 Å². The van der Waals surface area contributed by atoms with Gasteiger partial charge in [0.2, 0.25) is 5.91 Å². The summed E-state index contributed by atoms with van der Waals surface area (Å²) in [6.07, 6.45) is 3.88. The van der Waals surface area contributed by atoms with E-state index in [0.717, 1.165) is 43.5 Å². The third-order valence-electron chi connectivity index (χ3n) is 5.59. The Morgan fingerprint density at radius 2 is 1.93 bits per heavy atom. The summed E-state index contributed by atoms with van der Waals surface area (Å²) in [7, 11) is 0. The maximum atomic E-state index is 13.2. The van der Waals surface area contributed by atoms with E-state index < -0.39 is 0 Å². The first-order chi connectivity index (χ1) is 14.5. The van der Waals surface area contributed by atoms with E-state index >= 15 is 0 Å². The summed E-state index contributed by atoms with van der Waals surface area (Å²) in [5.74, 6) is 1.38. The van der Waals surface area contributed by atoms with Crippen molar-refractivity contribution in [1.29, 1.82) is 0 Å². The van der Waals surface area contributed by atoms with Crippen molar-refractivity contribution in [1.82, 2.24) is 15.1 Å². The highest BCUT2D eigenvalue weighted by Crippen LogP contribution is 2.26. The highest BCUT2D eigenvalue weighted by Gasteiger charge is 2.23. The third kappa shape index (κ3) is 7.31. The Hall–Kier alpha value is -2.08. The molecule has 1 heterocycles. The molecular weight excluding hydrogens is 378 g/mol. The number of amides is 2. The summed E-state index contributed by atoms with van der Waals surface area (Å²) in [6, 6.07) is 5.75. The van der Waals surface area contributed by atoms with E-state index in [1.54, 1.807) is 0 Å². The molecule has 0 bridgehead atoms. The second kappa shape index (κ2) is 12.6. The first-order valence-electron chi connectivity index (χ1n) is 11.5. The van der Waals surface area contributed by atoms with E-state index in [4.69, 9.17) is 4.74 Å². The molecule has 2 rings (SSSR count). The van der Waals surface area contributed by atoms with Gasteiger partial charge in [-0.15, -0.1) is 0 Å². The van der Waals surface area contributed by atoms with Gasteiger partial charge in [-0.1, -0.05) is 19.9 Å². The van der Waals surface area contributed by atoms with Crippen LogP contribution in [0.4, 0.5) is 0 Å². The molecule has 0 aliphatic carbocycles. The summed E-state index contributed by atoms with van der Waals surface area (Å²) >= 11 is 0. The lowest BCUT2D eigenvalue weighted by molar-refractivity contribution is -0.122. The number of carbonyl (C=O) groups is 2. The normalized spacial score (nSPS) is 16.5. The van der Waals surface area contributed by atoms with Crippen LogP contribution < -0.4 is 10.1 Å². The highest BCUT2D eigenvalue weighted by atomic mass is 16.5. The van der Waals surface area contributed by atoms with E-state index in [1.165, 1.54) is 0 Å². The molecule has 0 radical (unpaired) electrons. The smallest absolute Gasteiger partial charge is 0.254 e. The van der Waals surface area contributed by atoms with Crippen molar-refractivity contribution in [3.8, 4) is 5.75 Å². The van der Waals surface area contributed by atoms with E-state index in [2.05, 4.69) is 24.1 Å². The van der Waals surface area contributed by atoms with Crippen molar-refractivity contribution in [3.05, 3.63) is 29.3 Å². The number of nitrogens with one attached hydrogen (secondary N) is 1. The number of benzene rings is 1. The Morgan fingerprint density at radius 1 is 1.17 bits per heavy atom. The van der Waals surface area contributed by atoms with E-state index in [-0.39, 0.29) is 11.8 Å². The number of hydrogen-bond acceptors (Lipinski definition) is 4. The summed E-state index contributed by atoms with van der Waals surface area (Å²) in [4.78, 5) is 29.7. The maximum absolute atomic E-state index is 13.2.